The van der Waals surface area contributed by atoms with E-state index in [1.165, 1.54) is 0 Å². The summed E-state index contributed by atoms with van der Waals surface area (Å²) in [5.74, 6) is 0.839. The molecule has 2 aromatic rings. The van der Waals surface area contributed by atoms with Crippen molar-refractivity contribution in [3.8, 4) is 5.75 Å². The number of carbonyl (C=O) groups excluding carboxylic acids is 1. The number of aryl methyl sites for hydroxylation is 1. The lowest BCUT2D eigenvalue weighted by Crippen LogP contribution is -2.26. The molecule has 0 saturated heterocycles. The molecule has 130 valence electrons. The van der Waals surface area contributed by atoms with Gasteiger partial charge in [-0.3, -0.25) is 4.79 Å². The number of para-hydroxylation sites is 1. The van der Waals surface area contributed by atoms with Crippen molar-refractivity contribution < 1.29 is 9.53 Å². The van der Waals surface area contributed by atoms with Gasteiger partial charge in [-0.1, -0.05) is 30.3 Å². The molecular weight excluding hydrogens is 324 g/mol. The van der Waals surface area contributed by atoms with E-state index in [9.17, 15) is 4.79 Å². The summed E-state index contributed by atoms with van der Waals surface area (Å²) < 4.78 is 5.49. The van der Waals surface area contributed by atoms with Crippen LogP contribution in [0.4, 0.5) is 5.69 Å². The zero-order chi connectivity index (χ0) is 16.7. The Kier molecular flexibility index (Phi) is 8.13. The van der Waals surface area contributed by atoms with E-state index in [4.69, 9.17) is 10.5 Å². The third-order valence-corrected chi connectivity index (χ3v) is 3.72. The number of nitrogens with two attached hydrogens (primary N) is 1. The fourth-order valence-corrected chi connectivity index (χ4v) is 2.45. The maximum atomic E-state index is 12.1. The lowest BCUT2D eigenvalue weighted by Gasteiger charge is -2.15. The van der Waals surface area contributed by atoms with Gasteiger partial charge in [-0.15, -0.1) is 12.4 Å². The van der Waals surface area contributed by atoms with E-state index in [0.29, 0.717) is 19.4 Å². The van der Waals surface area contributed by atoms with Crippen LogP contribution in [-0.4, -0.2) is 12.5 Å². The lowest BCUT2D eigenvalue weighted by molar-refractivity contribution is -0.121. The van der Waals surface area contributed by atoms with Gasteiger partial charge in [0.1, 0.15) is 5.75 Å². The lowest BCUT2D eigenvalue weighted by atomic mass is 10.1. The highest BCUT2D eigenvalue weighted by Gasteiger charge is 2.11. The topological polar surface area (TPSA) is 64.3 Å². The smallest absolute Gasteiger partial charge is 0.220 e. The van der Waals surface area contributed by atoms with Crippen LogP contribution in [0.3, 0.4) is 0 Å². The molecule has 4 nitrogen and oxygen atoms in total. The number of hydrogen-bond donors (Lipinski definition) is 2. The van der Waals surface area contributed by atoms with Gasteiger partial charge in [0.05, 0.1) is 12.6 Å². The predicted molar refractivity (Wildman–Crippen MR) is 101 cm³/mol. The van der Waals surface area contributed by atoms with Crippen LogP contribution in [0.1, 0.15) is 37.4 Å². The number of ether oxygens (including phenoxy) is 1. The number of nitrogens with one attached hydrogen (secondary N) is 1. The van der Waals surface area contributed by atoms with Crippen molar-refractivity contribution in [2.75, 3.05) is 12.3 Å². The van der Waals surface area contributed by atoms with Gasteiger partial charge in [-0.25, -0.2) is 0 Å². The van der Waals surface area contributed by atoms with Gasteiger partial charge in [0.15, 0.2) is 0 Å². The van der Waals surface area contributed by atoms with Crippen LogP contribution in [0.15, 0.2) is 48.5 Å². The van der Waals surface area contributed by atoms with Crippen LogP contribution in [0, 0.1) is 0 Å². The molecule has 0 saturated carbocycles. The molecule has 2 aromatic carbocycles. The molecule has 0 aliphatic heterocycles. The molecule has 1 unspecified atom stereocenters. The number of amides is 1. The van der Waals surface area contributed by atoms with Gasteiger partial charge in [0.2, 0.25) is 5.91 Å². The van der Waals surface area contributed by atoms with E-state index >= 15 is 0 Å². The highest BCUT2D eigenvalue weighted by atomic mass is 35.5. The molecule has 5 heteroatoms. The summed E-state index contributed by atoms with van der Waals surface area (Å²) in [4.78, 5) is 12.1. The Morgan fingerprint density at radius 2 is 1.96 bits per heavy atom. The van der Waals surface area contributed by atoms with Crippen molar-refractivity contribution in [1.82, 2.24) is 5.32 Å². The number of hydrogen-bond acceptors (Lipinski definition) is 3. The van der Waals surface area contributed by atoms with Crippen molar-refractivity contribution in [3.63, 3.8) is 0 Å². The minimum absolute atomic E-state index is 0. The molecule has 1 amide bonds. The van der Waals surface area contributed by atoms with Crippen molar-refractivity contribution in [2.45, 2.75) is 32.7 Å². The van der Waals surface area contributed by atoms with E-state index in [1.807, 2.05) is 62.4 Å². The molecule has 0 bridgehead atoms. The highest BCUT2D eigenvalue weighted by Crippen LogP contribution is 2.19. The molecule has 24 heavy (non-hydrogen) atoms. The molecular formula is C19H25ClN2O2. The summed E-state index contributed by atoms with van der Waals surface area (Å²) in [6, 6.07) is 15.4. The van der Waals surface area contributed by atoms with E-state index in [1.54, 1.807) is 0 Å². The Hall–Kier alpha value is -2.20. The summed E-state index contributed by atoms with van der Waals surface area (Å²) in [5, 5.41) is 3.02. The predicted octanol–water partition coefficient (Wildman–Crippen LogP) is 3.90. The van der Waals surface area contributed by atoms with Gasteiger partial charge in [0, 0.05) is 12.1 Å². The summed E-state index contributed by atoms with van der Waals surface area (Å²) in [6.07, 6.45) is 1.06. The zero-order valence-corrected chi connectivity index (χ0v) is 14.9. The number of halogens is 1. The van der Waals surface area contributed by atoms with Crippen LogP contribution in [-0.2, 0) is 11.2 Å². The number of carbonyl (C=O) groups is 1. The fraction of sp³-hybridized carbons (Fsp3) is 0.316. The average molecular weight is 349 g/mol. The molecule has 0 aliphatic carbocycles. The Balaban J connectivity index is 0.00000288. The average Bonchev–Trinajstić information content (AvgIpc) is 2.54. The molecule has 0 radical (unpaired) electrons. The second-order valence-corrected chi connectivity index (χ2v) is 5.49. The third kappa shape index (κ3) is 5.78. The Labute approximate surface area is 149 Å². The molecule has 0 aromatic heterocycles. The highest BCUT2D eigenvalue weighted by molar-refractivity contribution is 5.85. The quantitative estimate of drug-likeness (QED) is 0.746. The van der Waals surface area contributed by atoms with Crippen molar-refractivity contribution >= 4 is 24.0 Å². The summed E-state index contributed by atoms with van der Waals surface area (Å²) in [7, 11) is 0. The van der Waals surface area contributed by atoms with Crippen LogP contribution >= 0.6 is 12.4 Å². The van der Waals surface area contributed by atoms with Gasteiger partial charge in [0.25, 0.3) is 0 Å². The molecule has 3 N–H and O–H groups in total. The van der Waals surface area contributed by atoms with E-state index in [0.717, 1.165) is 22.6 Å². The first-order valence-electron chi connectivity index (χ1n) is 7.95. The normalized spacial score (nSPS) is 11.2. The Bertz CT molecular complexity index is 661. The van der Waals surface area contributed by atoms with Gasteiger partial charge >= 0.3 is 0 Å². The molecule has 0 spiro atoms. The monoisotopic (exact) mass is 348 g/mol. The largest absolute Gasteiger partial charge is 0.494 e. The van der Waals surface area contributed by atoms with Crippen LogP contribution in [0.5, 0.6) is 5.75 Å². The molecule has 0 heterocycles. The maximum Gasteiger partial charge on any atom is 0.220 e. The molecule has 0 fully saturated rings. The summed E-state index contributed by atoms with van der Waals surface area (Å²) in [5.41, 5.74) is 8.67. The first-order chi connectivity index (χ1) is 11.1. The van der Waals surface area contributed by atoms with Crippen LogP contribution in [0.25, 0.3) is 0 Å². The van der Waals surface area contributed by atoms with Crippen molar-refractivity contribution in [2.24, 2.45) is 0 Å². The first kappa shape index (κ1) is 19.8. The standard InChI is InChI=1S/C19H24N2O2.ClH/c1-3-23-17-9-6-8-16(13-17)14(2)21-19(22)12-11-15-7-4-5-10-18(15)20;/h4-10,13-14H,3,11-12,20H2,1-2H3,(H,21,22);1H. The van der Waals surface area contributed by atoms with E-state index < -0.39 is 0 Å². The van der Waals surface area contributed by atoms with Crippen molar-refractivity contribution in [1.29, 1.82) is 0 Å². The maximum absolute atomic E-state index is 12.1. The number of benzene rings is 2. The molecule has 0 aliphatic rings. The Morgan fingerprint density at radius 1 is 1.21 bits per heavy atom. The first-order valence-corrected chi connectivity index (χ1v) is 7.95. The van der Waals surface area contributed by atoms with Crippen molar-refractivity contribution in [3.05, 3.63) is 59.7 Å². The van der Waals surface area contributed by atoms with E-state index in [2.05, 4.69) is 5.32 Å². The van der Waals surface area contributed by atoms with Crippen LogP contribution in [0.2, 0.25) is 0 Å². The van der Waals surface area contributed by atoms with Crippen LogP contribution < -0.4 is 15.8 Å². The Morgan fingerprint density at radius 3 is 2.67 bits per heavy atom. The van der Waals surface area contributed by atoms with Gasteiger partial charge in [-0.05, 0) is 49.6 Å². The second-order valence-electron chi connectivity index (χ2n) is 5.49. The summed E-state index contributed by atoms with van der Waals surface area (Å²) in [6.45, 7) is 4.55. The fourth-order valence-electron chi connectivity index (χ4n) is 2.45. The number of nitrogen functional groups attached to an aromatic ring is 1. The second kappa shape index (κ2) is 9.83. The summed E-state index contributed by atoms with van der Waals surface area (Å²) >= 11 is 0. The minimum atomic E-state index is -0.0592. The number of rotatable bonds is 7. The molecule has 2 rings (SSSR count). The third-order valence-electron chi connectivity index (χ3n) is 3.72. The zero-order valence-electron chi connectivity index (χ0n) is 14.1. The SMILES string of the molecule is CCOc1cccc(C(C)NC(=O)CCc2ccccc2N)c1.Cl. The van der Waals surface area contributed by atoms with Gasteiger partial charge in [-0.2, -0.15) is 0 Å². The van der Waals surface area contributed by atoms with E-state index in [-0.39, 0.29) is 24.4 Å². The van der Waals surface area contributed by atoms with Gasteiger partial charge < -0.3 is 15.8 Å². The molecule has 1 atom stereocenters. The minimum Gasteiger partial charge on any atom is -0.494 e. The number of anilines is 1.